The fourth-order valence-corrected chi connectivity index (χ4v) is 2.86. The first kappa shape index (κ1) is 8.97. The summed E-state index contributed by atoms with van der Waals surface area (Å²) in [6, 6.07) is 1.96. The Morgan fingerprint density at radius 3 is 3.08 bits per heavy atom. The number of thiophene rings is 1. The van der Waals surface area contributed by atoms with Crippen molar-refractivity contribution in [1.29, 1.82) is 0 Å². The van der Waals surface area contributed by atoms with E-state index >= 15 is 0 Å². The summed E-state index contributed by atoms with van der Waals surface area (Å²) in [5.74, 6) is 0.122. The highest BCUT2D eigenvalue weighted by Gasteiger charge is 2.21. The largest absolute Gasteiger partial charge is 0.492 e. The Hall–Kier alpha value is -0.610. The number of carbonyl (C=O) groups is 1. The SMILES string of the molecule is O=C1C=COC(c2sccc2Br)C1. The van der Waals surface area contributed by atoms with Crippen LogP contribution in [0.4, 0.5) is 0 Å². The number of allylic oxidation sites excluding steroid dienone is 1. The molecule has 0 radical (unpaired) electrons. The van der Waals surface area contributed by atoms with E-state index in [9.17, 15) is 4.79 Å². The Balaban J connectivity index is 2.23. The predicted molar refractivity (Wildman–Crippen MR) is 54.6 cm³/mol. The van der Waals surface area contributed by atoms with Crippen molar-refractivity contribution in [2.75, 3.05) is 0 Å². The van der Waals surface area contributed by atoms with Crippen molar-refractivity contribution < 1.29 is 9.53 Å². The smallest absolute Gasteiger partial charge is 0.162 e. The molecule has 1 aliphatic rings. The van der Waals surface area contributed by atoms with E-state index in [2.05, 4.69) is 15.9 Å². The topological polar surface area (TPSA) is 26.3 Å². The van der Waals surface area contributed by atoms with Gasteiger partial charge in [-0.25, -0.2) is 0 Å². The van der Waals surface area contributed by atoms with Crippen LogP contribution >= 0.6 is 27.3 Å². The van der Waals surface area contributed by atoms with Crippen LogP contribution in [0.2, 0.25) is 0 Å². The van der Waals surface area contributed by atoms with Crippen molar-refractivity contribution in [2.24, 2.45) is 0 Å². The molecule has 1 aromatic rings. The first-order valence-corrected chi connectivity index (χ1v) is 5.52. The van der Waals surface area contributed by atoms with Gasteiger partial charge in [0.15, 0.2) is 5.78 Å². The van der Waals surface area contributed by atoms with E-state index < -0.39 is 0 Å². The molecule has 0 saturated carbocycles. The van der Waals surface area contributed by atoms with E-state index in [1.54, 1.807) is 11.3 Å². The van der Waals surface area contributed by atoms with Crippen LogP contribution in [0.3, 0.4) is 0 Å². The van der Waals surface area contributed by atoms with Gasteiger partial charge in [-0.15, -0.1) is 11.3 Å². The predicted octanol–water partition coefficient (Wildman–Crippen LogP) is 3.05. The molecule has 13 heavy (non-hydrogen) atoms. The van der Waals surface area contributed by atoms with Gasteiger partial charge >= 0.3 is 0 Å². The summed E-state index contributed by atoms with van der Waals surface area (Å²) in [6.45, 7) is 0. The summed E-state index contributed by atoms with van der Waals surface area (Å²) in [6.07, 6.45) is 3.28. The molecule has 0 aromatic carbocycles. The molecule has 0 N–H and O–H groups in total. The minimum atomic E-state index is -0.105. The van der Waals surface area contributed by atoms with E-state index in [0.717, 1.165) is 9.35 Å². The summed E-state index contributed by atoms with van der Waals surface area (Å²) < 4.78 is 6.37. The molecule has 0 saturated heterocycles. The number of halogens is 1. The van der Waals surface area contributed by atoms with Crippen molar-refractivity contribution in [3.8, 4) is 0 Å². The lowest BCUT2D eigenvalue weighted by atomic mass is 10.1. The lowest BCUT2D eigenvalue weighted by Crippen LogP contribution is -2.10. The Kier molecular flexibility index (Phi) is 2.51. The Bertz CT molecular complexity index is 356. The summed E-state index contributed by atoms with van der Waals surface area (Å²) in [5, 5.41) is 1.98. The van der Waals surface area contributed by atoms with Gasteiger partial charge < -0.3 is 4.74 Å². The molecule has 1 unspecified atom stereocenters. The second-order valence-corrected chi connectivity index (χ2v) is 4.53. The standard InChI is InChI=1S/C9H7BrO2S/c10-7-2-4-13-9(7)8-5-6(11)1-3-12-8/h1-4,8H,5H2. The van der Waals surface area contributed by atoms with Gasteiger partial charge in [0.2, 0.25) is 0 Å². The maximum atomic E-state index is 11.1. The minimum absolute atomic E-state index is 0.105. The van der Waals surface area contributed by atoms with Gasteiger partial charge in [-0.3, -0.25) is 4.79 Å². The van der Waals surface area contributed by atoms with Crippen molar-refractivity contribution >= 4 is 33.0 Å². The average Bonchev–Trinajstić information content (AvgIpc) is 2.51. The van der Waals surface area contributed by atoms with E-state index in [1.165, 1.54) is 12.3 Å². The molecular formula is C9H7BrO2S. The van der Waals surface area contributed by atoms with Gasteiger partial charge in [0, 0.05) is 10.5 Å². The molecule has 0 spiro atoms. The summed E-state index contributed by atoms with van der Waals surface area (Å²) >= 11 is 5.02. The molecule has 4 heteroatoms. The third-order valence-electron chi connectivity index (χ3n) is 1.82. The summed E-state index contributed by atoms with van der Waals surface area (Å²) in [4.78, 5) is 12.2. The number of hydrogen-bond acceptors (Lipinski definition) is 3. The number of ether oxygens (including phenoxy) is 1. The van der Waals surface area contributed by atoms with Gasteiger partial charge in [0.25, 0.3) is 0 Å². The molecule has 1 atom stereocenters. The summed E-state index contributed by atoms with van der Waals surface area (Å²) in [5.41, 5.74) is 0. The average molecular weight is 259 g/mol. The van der Waals surface area contributed by atoms with Crippen LogP contribution in [0, 0.1) is 0 Å². The zero-order chi connectivity index (χ0) is 9.26. The van der Waals surface area contributed by atoms with Crippen LogP contribution in [-0.2, 0) is 9.53 Å². The molecule has 0 aliphatic carbocycles. The highest BCUT2D eigenvalue weighted by molar-refractivity contribution is 9.10. The second kappa shape index (κ2) is 3.64. The third kappa shape index (κ3) is 1.84. The molecule has 0 amide bonds. The molecule has 2 nitrogen and oxygen atoms in total. The maximum Gasteiger partial charge on any atom is 0.162 e. The highest BCUT2D eigenvalue weighted by Crippen LogP contribution is 2.34. The fraction of sp³-hybridized carbons (Fsp3) is 0.222. The first-order chi connectivity index (χ1) is 6.27. The molecule has 2 rings (SSSR count). The number of rotatable bonds is 1. The van der Waals surface area contributed by atoms with Crippen LogP contribution in [0.25, 0.3) is 0 Å². The van der Waals surface area contributed by atoms with Gasteiger partial charge in [0.05, 0.1) is 17.6 Å². The molecule has 68 valence electrons. The molecule has 1 aliphatic heterocycles. The van der Waals surface area contributed by atoms with E-state index in [-0.39, 0.29) is 11.9 Å². The van der Waals surface area contributed by atoms with E-state index in [0.29, 0.717) is 6.42 Å². The highest BCUT2D eigenvalue weighted by atomic mass is 79.9. The van der Waals surface area contributed by atoms with Gasteiger partial charge in [-0.2, -0.15) is 0 Å². The Labute approximate surface area is 88.3 Å². The van der Waals surface area contributed by atoms with E-state index in [4.69, 9.17) is 4.74 Å². The molecule has 0 bridgehead atoms. The third-order valence-corrected chi connectivity index (χ3v) is 3.78. The Morgan fingerprint density at radius 2 is 2.46 bits per heavy atom. The lowest BCUT2D eigenvalue weighted by Gasteiger charge is -2.17. The fourth-order valence-electron chi connectivity index (χ4n) is 1.20. The molecule has 2 heterocycles. The van der Waals surface area contributed by atoms with Crippen LogP contribution in [0.1, 0.15) is 17.4 Å². The zero-order valence-electron chi connectivity index (χ0n) is 6.70. The van der Waals surface area contributed by atoms with E-state index in [1.807, 2.05) is 11.4 Å². The zero-order valence-corrected chi connectivity index (χ0v) is 9.10. The van der Waals surface area contributed by atoms with Gasteiger partial charge in [0.1, 0.15) is 6.10 Å². The maximum absolute atomic E-state index is 11.1. The first-order valence-electron chi connectivity index (χ1n) is 3.85. The van der Waals surface area contributed by atoms with Crippen LogP contribution in [0.5, 0.6) is 0 Å². The molecule has 1 aromatic heterocycles. The molecular weight excluding hydrogens is 252 g/mol. The van der Waals surface area contributed by atoms with Crippen LogP contribution < -0.4 is 0 Å². The quantitative estimate of drug-likeness (QED) is 0.774. The van der Waals surface area contributed by atoms with Crippen molar-refractivity contribution in [3.05, 3.63) is 33.1 Å². The van der Waals surface area contributed by atoms with Crippen molar-refractivity contribution in [2.45, 2.75) is 12.5 Å². The summed E-state index contributed by atoms with van der Waals surface area (Å²) in [7, 11) is 0. The van der Waals surface area contributed by atoms with Crippen molar-refractivity contribution in [3.63, 3.8) is 0 Å². The number of carbonyl (C=O) groups excluding carboxylic acids is 1. The normalized spacial score (nSPS) is 21.6. The second-order valence-electron chi connectivity index (χ2n) is 2.73. The van der Waals surface area contributed by atoms with Gasteiger partial charge in [-0.1, -0.05) is 0 Å². The number of ketones is 1. The van der Waals surface area contributed by atoms with Crippen molar-refractivity contribution in [1.82, 2.24) is 0 Å². The molecule has 0 fully saturated rings. The van der Waals surface area contributed by atoms with Crippen LogP contribution in [-0.4, -0.2) is 5.78 Å². The number of hydrogen-bond donors (Lipinski definition) is 0. The Morgan fingerprint density at radius 1 is 1.62 bits per heavy atom. The lowest BCUT2D eigenvalue weighted by molar-refractivity contribution is -0.118. The van der Waals surface area contributed by atoms with Gasteiger partial charge in [-0.05, 0) is 27.4 Å². The minimum Gasteiger partial charge on any atom is -0.492 e. The monoisotopic (exact) mass is 258 g/mol. The van der Waals surface area contributed by atoms with Crippen LogP contribution in [0.15, 0.2) is 28.3 Å².